The van der Waals surface area contributed by atoms with Crippen LogP contribution in [0.4, 0.5) is 0 Å². The van der Waals surface area contributed by atoms with Crippen molar-refractivity contribution in [2.24, 2.45) is 5.73 Å². The molecule has 0 aliphatic heterocycles. The molecule has 0 spiro atoms. The van der Waals surface area contributed by atoms with Crippen LogP contribution in [0.3, 0.4) is 0 Å². The third kappa shape index (κ3) is 7.53. The summed E-state index contributed by atoms with van der Waals surface area (Å²) in [5.74, 6) is -3.29. The SMILES string of the molecule is [2H]C(=O)[C@H](N)[C@@H](OC(=O)C(=O)C[C@@H](O)[C@@H](O)[C@H](O)[C@H](O)CO)[C@H](O)[C@H](O)CO. The van der Waals surface area contributed by atoms with E-state index < -0.39 is 86.4 Å². The molecule has 0 bridgehead atoms. The molecule has 0 fully saturated rings. The number of esters is 1. The summed E-state index contributed by atoms with van der Waals surface area (Å²) >= 11 is 0. The largest absolute Gasteiger partial charge is 0.452 e. The van der Waals surface area contributed by atoms with Crippen LogP contribution in [0.1, 0.15) is 7.79 Å². The van der Waals surface area contributed by atoms with Crippen molar-refractivity contribution in [1.29, 1.82) is 0 Å². The number of hydrogen-bond donors (Lipinski definition) is 9. The average Bonchev–Trinajstić information content (AvgIpc) is 2.67. The number of carbonyl (C=O) groups excluding carboxylic acids is 3. The van der Waals surface area contributed by atoms with Gasteiger partial charge in [-0.2, -0.15) is 0 Å². The molecule has 27 heavy (non-hydrogen) atoms. The summed E-state index contributed by atoms with van der Waals surface area (Å²) in [6.07, 6.45) is -16.9. The third-order valence-corrected chi connectivity index (χ3v) is 3.60. The summed E-state index contributed by atoms with van der Waals surface area (Å²) in [7, 11) is 0. The number of aliphatic hydroxyl groups excluding tert-OH is 8. The molecule has 0 aliphatic rings. The van der Waals surface area contributed by atoms with Crippen LogP contribution in [-0.2, 0) is 19.1 Å². The van der Waals surface area contributed by atoms with Crippen LogP contribution in [0.15, 0.2) is 0 Å². The number of hydrogen-bond acceptors (Lipinski definition) is 13. The lowest BCUT2D eigenvalue weighted by Crippen LogP contribution is -2.53. The Labute approximate surface area is 154 Å². The van der Waals surface area contributed by atoms with Gasteiger partial charge in [-0.15, -0.1) is 0 Å². The molecule has 0 heterocycles. The number of ether oxygens (including phenoxy) is 1. The number of rotatable bonds is 13. The monoisotopic (exact) mass is 400 g/mol. The first-order valence-corrected chi connectivity index (χ1v) is 7.68. The van der Waals surface area contributed by atoms with Crippen LogP contribution in [0.5, 0.6) is 0 Å². The second kappa shape index (κ2) is 12.0. The maximum Gasteiger partial charge on any atom is 0.375 e. The Morgan fingerprint density at radius 1 is 0.926 bits per heavy atom. The highest BCUT2D eigenvalue weighted by Crippen LogP contribution is 2.12. The molecule has 0 rings (SSSR count). The van der Waals surface area contributed by atoms with E-state index in [-0.39, 0.29) is 0 Å². The van der Waals surface area contributed by atoms with Crippen molar-refractivity contribution in [3.8, 4) is 0 Å². The van der Waals surface area contributed by atoms with Crippen LogP contribution in [-0.4, -0.2) is 121 Å². The van der Waals surface area contributed by atoms with Gasteiger partial charge < -0.3 is 56.1 Å². The molecule has 158 valence electrons. The Hall–Kier alpha value is -1.55. The van der Waals surface area contributed by atoms with Crippen molar-refractivity contribution < 1.29 is 61.3 Å². The standard InChI is InChI=1S/C14H25NO12/c15-5(2-16)13(12(25)9(22)4-18)27-14(26)7(20)1-6(19)10(23)11(24)8(21)3-17/h2,5-6,8-13,17-19,21-25H,1,3-4,15H2/t5-,6+,8+,9+,10+,11+,12+,13+/m0/s1/i2D. The fourth-order valence-electron chi connectivity index (χ4n) is 1.90. The van der Waals surface area contributed by atoms with Gasteiger partial charge in [0.2, 0.25) is 5.78 Å². The second-order valence-corrected chi connectivity index (χ2v) is 5.68. The first kappa shape index (κ1) is 23.5. The normalized spacial score (nSPS) is 21.0. The van der Waals surface area contributed by atoms with Gasteiger partial charge in [-0.3, -0.25) is 4.79 Å². The Morgan fingerprint density at radius 2 is 1.37 bits per heavy atom. The van der Waals surface area contributed by atoms with Gasteiger partial charge in [0.15, 0.2) is 6.10 Å². The van der Waals surface area contributed by atoms with Crippen LogP contribution in [0.2, 0.25) is 0 Å². The molecule has 0 saturated carbocycles. The number of ketones is 1. The van der Waals surface area contributed by atoms with Crippen LogP contribution < -0.4 is 5.73 Å². The van der Waals surface area contributed by atoms with E-state index in [0.29, 0.717) is 0 Å². The predicted molar refractivity (Wildman–Crippen MR) is 83.8 cm³/mol. The fourth-order valence-corrected chi connectivity index (χ4v) is 1.90. The molecule has 0 aromatic heterocycles. The summed E-state index contributed by atoms with van der Waals surface area (Å²) in [4.78, 5) is 34.7. The minimum Gasteiger partial charge on any atom is -0.452 e. The van der Waals surface area contributed by atoms with Gasteiger partial charge in [0.1, 0.15) is 44.2 Å². The Balaban J connectivity index is 5.11. The minimum atomic E-state index is -2.14. The van der Waals surface area contributed by atoms with Gasteiger partial charge in [0, 0.05) is 6.42 Å². The highest BCUT2D eigenvalue weighted by Gasteiger charge is 2.37. The minimum absolute atomic E-state index is 0.966. The van der Waals surface area contributed by atoms with E-state index in [1.807, 2.05) is 0 Å². The molecule has 0 saturated heterocycles. The quantitative estimate of drug-likeness (QED) is 0.0793. The number of carbonyl (C=O) groups is 3. The molecule has 0 radical (unpaired) electrons. The summed E-state index contributed by atoms with van der Waals surface area (Å²) in [6, 6.07) is -1.98. The zero-order chi connectivity index (χ0) is 22.2. The highest BCUT2D eigenvalue weighted by atomic mass is 16.6. The first-order valence-electron chi connectivity index (χ1n) is 8.18. The molecule has 8 atom stereocenters. The van der Waals surface area contributed by atoms with Crippen molar-refractivity contribution in [3.63, 3.8) is 0 Å². The lowest BCUT2D eigenvalue weighted by atomic mass is 9.99. The third-order valence-electron chi connectivity index (χ3n) is 3.60. The molecule has 0 aromatic rings. The molecule has 0 amide bonds. The van der Waals surface area contributed by atoms with E-state index in [1.54, 1.807) is 0 Å². The number of nitrogens with two attached hydrogens (primary N) is 1. The summed E-state index contributed by atoms with van der Waals surface area (Å²) in [5, 5.41) is 74.5. The zero-order valence-electron chi connectivity index (χ0n) is 15.0. The Morgan fingerprint density at radius 3 is 1.81 bits per heavy atom. The lowest BCUT2D eigenvalue weighted by Gasteiger charge is -2.28. The van der Waals surface area contributed by atoms with Gasteiger partial charge >= 0.3 is 5.97 Å². The predicted octanol–water partition coefficient (Wildman–Crippen LogP) is -6.47. The zero-order valence-corrected chi connectivity index (χ0v) is 14.0. The maximum atomic E-state index is 11.8. The molecule has 13 nitrogen and oxygen atoms in total. The van der Waals surface area contributed by atoms with Gasteiger partial charge in [0.25, 0.3) is 0 Å². The van der Waals surface area contributed by atoms with E-state index in [1.165, 1.54) is 0 Å². The Bertz CT molecular complexity index is 534. The molecular formula is C14H25NO12. The average molecular weight is 400 g/mol. The first-order chi connectivity index (χ1) is 12.9. The molecule has 0 aliphatic carbocycles. The van der Waals surface area contributed by atoms with Crippen molar-refractivity contribution in [1.82, 2.24) is 0 Å². The Kier molecular flexibility index (Phi) is 10.5. The summed E-state index contributed by atoms with van der Waals surface area (Å²) in [5.41, 5.74) is 5.29. The van der Waals surface area contributed by atoms with Crippen molar-refractivity contribution in [2.45, 2.75) is 55.2 Å². The van der Waals surface area contributed by atoms with Gasteiger partial charge in [-0.1, -0.05) is 0 Å². The molecule has 0 unspecified atom stereocenters. The fraction of sp³-hybridized carbons (Fsp3) is 0.786. The van der Waals surface area contributed by atoms with Crippen LogP contribution in [0, 0.1) is 0 Å². The molecule has 0 aromatic carbocycles. The maximum absolute atomic E-state index is 11.8. The van der Waals surface area contributed by atoms with Crippen molar-refractivity contribution in [3.05, 3.63) is 0 Å². The van der Waals surface area contributed by atoms with Crippen molar-refractivity contribution in [2.75, 3.05) is 13.2 Å². The van der Waals surface area contributed by atoms with E-state index in [0.717, 1.165) is 0 Å². The van der Waals surface area contributed by atoms with E-state index in [9.17, 15) is 45.0 Å². The lowest BCUT2D eigenvalue weighted by molar-refractivity contribution is -0.171. The molecular weight excluding hydrogens is 374 g/mol. The number of aldehydes is 1. The number of Topliss-reactive ketones (excluding diaryl/α,β-unsaturated/α-hetero) is 1. The smallest absolute Gasteiger partial charge is 0.375 e. The van der Waals surface area contributed by atoms with Gasteiger partial charge in [0.05, 0.1) is 19.3 Å². The van der Waals surface area contributed by atoms with E-state index in [4.69, 9.17) is 17.3 Å². The van der Waals surface area contributed by atoms with E-state index >= 15 is 0 Å². The van der Waals surface area contributed by atoms with Gasteiger partial charge in [-0.25, -0.2) is 4.79 Å². The van der Waals surface area contributed by atoms with E-state index in [2.05, 4.69) is 4.74 Å². The highest BCUT2D eigenvalue weighted by molar-refractivity contribution is 6.33. The van der Waals surface area contributed by atoms with Crippen molar-refractivity contribution >= 4 is 18.0 Å². The summed E-state index contributed by atoms with van der Waals surface area (Å²) in [6.45, 7) is -2.00. The molecule has 10 N–H and O–H groups in total. The molecule has 13 heteroatoms. The topological polar surface area (TPSA) is 248 Å². The number of aliphatic hydroxyl groups is 8. The van der Waals surface area contributed by atoms with Crippen LogP contribution in [0.25, 0.3) is 0 Å². The second-order valence-electron chi connectivity index (χ2n) is 5.68. The van der Waals surface area contributed by atoms with Gasteiger partial charge in [-0.05, 0) is 0 Å². The summed E-state index contributed by atoms with van der Waals surface area (Å²) < 4.78 is 11.4. The van der Waals surface area contributed by atoms with Crippen LogP contribution >= 0.6 is 0 Å².